The van der Waals surface area contributed by atoms with Gasteiger partial charge in [0.2, 0.25) is 5.91 Å². The molecule has 1 fully saturated rings. The van der Waals surface area contributed by atoms with Crippen molar-refractivity contribution >= 4 is 23.4 Å². The molecule has 2 aromatic carbocycles. The van der Waals surface area contributed by atoms with Crippen molar-refractivity contribution in [3.8, 4) is 0 Å². The highest BCUT2D eigenvalue weighted by Crippen LogP contribution is 2.48. The third-order valence-corrected chi connectivity index (χ3v) is 6.19. The lowest BCUT2D eigenvalue weighted by Gasteiger charge is -2.27. The Kier molecular flexibility index (Phi) is 7.84. The predicted octanol–water partition coefficient (Wildman–Crippen LogP) is 5.71. The molecule has 1 aliphatic heterocycles. The summed E-state index contributed by atoms with van der Waals surface area (Å²) >= 11 is 0.608. The number of carbonyl (C=O) groups excluding carboxylic acids is 1. The van der Waals surface area contributed by atoms with E-state index in [9.17, 15) is 31.1 Å². The number of nitrogens with zero attached hydrogens (tertiary/aromatic N) is 1. The van der Waals surface area contributed by atoms with Crippen molar-refractivity contribution in [1.29, 1.82) is 0 Å². The highest BCUT2D eigenvalue weighted by atomic mass is 32.2. The van der Waals surface area contributed by atoms with Crippen LogP contribution in [0.3, 0.4) is 0 Å². The van der Waals surface area contributed by atoms with Gasteiger partial charge >= 0.3 is 12.4 Å². The fraction of sp³-hybridized carbons (Fsp3) is 0.409. The van der Waals surface area contributed by atoms with Crippen molar-refractivity contribution in [2.75, 3.05) is 38.7 Å². The third-order valence-electron chi connectivity index (χ3n) is 5.14. The number of hydrogen-bond acceptors (Lipinski definition) is 4. The van der Waals surface area contributed by atoms with Gasteiger partial charge in [0, 0.05) is 42.0 Å². The zero-order valence-corrected chi connectivity index (χ0v) is 18.5. The molecule has 2 aromatic rings. The molecule has 33 heavy (non-hydrogen) atoms. The van der Waals surface area contributed by atoms with Crippen LogP contribution in [0.4, 0.5) is 32.0 Å². The Morgan fingerprint density at radius 3 is 2.30 bits per heavy atom. The van der Waals surface area contributed by atoms with Gasteiger partial charge in [0.25, 0.3) is 0 Å². The number of morpholine rings is 1. The second-order valence-corrected chi connectivity index (χ2v) is 8.46. The molecule has 0 saturated carbocycles. The van der Waals surface area contributed by atoms with Gasteiger partial charge in [-0.25, -0.2) is 0 Å². The second-order valence-electron chi connectivity index (χ2n) is 7.34. The first-order chi connectivity index (χ1) is 15.5. The van der Waals surface area contributed by atoms with E-state index in [0.29, 0.717) is 48.6 Å². The zero-order valence-electron chi connectivity index (χ0n) is 17.6. The van der Waals surface area contributed by atoms with Gasteiger partial charge in [0.1, 0.15) is 0 Å². The van der Waals surface area contributed by atoms with Crippen LogP contribution in [0.1, 0.15) is 23.1 Å². The largest absolute Gasteiger partial charge is 0.418 e. The molecule has 0 bridgehead atoms. The van der Waals surface area contributed by atoms with E-state index in [-0.39, 0.29) is 6.42 Å². The number of hydrogen-bond donors (Lipinski definition) is 1. The van der Waals surface area contributed by atoms with Crippen LogP contribution in [-0.4, -0.2) is 44.2 Å². The van der Waals surface area contributed by atoms with E-state index in [2.05, 4.69) is 5.32 Å². The van der Waals surface area contributed by atoms with Crippen LogP contribution in [0.2, 0.25) is 0 Å². The number of amides is 1. The predicted molar refractivity (Wildman–Crippen MR) is 112 cm³/mol. The lowest BCUT2D eigenvalue weighted by atomic mass is 9.96. The standard InChI is InChI=1S/C22H22F6N2O2S/c1-29-15-3-2-4-16(13-15)33-17-7-5-14(6-8-18(31)30-9-11-32-12-10-30)19(21(23,24)25)20(17)22(26,27)28/h2-5,7,13,29H,6,8-12H2,1H3. The number of alkyl halides is 6. The number of benzene rings is 2. The molecule has 1 aliphatic rings. The molecule has 0 radical (unpaired) electrons. The number of carbonyl (C=O) groups is 1. The Morgan fingerprint density at radius 2 is 1.70 bits per heavy atom. The molecule has 180 valence electrons. The maximum atomic E-state index is 13.9. The third kappa shape index (κ3) is 6.35. The Bertz CT molecular complexity index is 988. The smallest absolute Gasteiger partial charge is 0.388 e. The van der Waals surface area contributed by atoms with Gasteiger partial charge in [-0.05, 0) is 36.2 Å². The molecule has 0 spiro atoms. The summed E-state index contributed by atoms with van der Waals surface area (Å²) < 4.78 is 88.7. The maximum Gasteiger partial charge on any atom is 0.418 e. The highest BCUT2D eigenvalue weighted by molar-refractivity contribution is 7.99. The molecule has 0 aromatic heterocycles. The maximum absolute atomic E-state index is 13.9. The molecular weight excluding hydrogens is 470 g/mol. The van der Waals surface area contributed by atoms with Gasteiger partial charge < -0.3 is 15.0 Å². The summed E-state index contributed by atoms with van der Waals surface area (Å²) in [5, 5.41) is 2.84. The monoisotopic (exact) mass is 492 g/mol. The van der Waals surface area contributed by atoms with E-state index in [1.807, 2.05) is 0 Å². The van der Waals surface area contributed by atoms with Crippen molar-refractivity contribution in [2.45, 2.75) is 35.0 Å². The van der Waals surface area contributed by atoms with E-state index in [0.717, 1.165) is 12.1 Å². The summed E-state index contributed by atoms with van der Waals surface area (Å²) in [7, 11) is 1.62. The van der Waals surface area contributed by atoms with E-state index in [1.165, 1.54) is 11.0 Å². The first kappa shape index (κ1) is 25.2. The van der Waals surface area contributed by atoms with E-state index in [1.54, 1.807) is 25.2 Å². The number of aryl methyl sites for hydroxylation is 1. The minimum atomic E-state index is -5.24. The minimum absolute atomic E-state index is 0.306. The number of halogens is 6. The van der Waals surface area contributed by atoms with Crippen LogP contribution in [0, 0.1) is 0 Å². The van der Waals surface area contributed by atoms with Crippen molar-refractivity contribution in [1.82, 2.24) is 4.90 Å². The van der Waals surface area contributed by atoms with Gasteiger partial charge in [-0.3, -0.25) is 4.79 Å². The molecule has 0 atom stereocenters. The average Bonchev–Trinajstić information content (AvgIpc) is 2.77. The van der Waals surface area contributed by atoms with Gasteiger partial charge in [-0.15, -0.1) is 0 Å². The van der Waals surface area contributed by atoms with Gasteiger partial charge in [0.05, 0.1) is 24.3 Å². The fourth-order valence-electron chi connectivity index (χ4n) is 3.58. The Balaban J connectivity index is 1.98. The molecule has 1 amide bonds. The fourth-order valence-corrected chi connectivity index (χ4v) is 4.62. The summed E-state index contributed by atoms with van der Waals surface area (Å²) in [4.78, 5) is 13.6. The van der Waals surface area contributed by atoms with Crippen LogP contribution in [0.5, 0.6) is 0 Å². The Labute approximate surface area is 191 Å². The Hall–Kier alpha value is -2.40. The van der Waals surface area contributed by atoms with E-state index >= 15 is 0 Å². The molecule has 1 saturated heterocycles. The Morgan fingerprint density at radius 1 is 1.03 bits per heavy atom. The van der Waals surface area contributed by atoms with Crippen LogP contribution in [0.15, 0.2) is 46.2 Å². The SMILES string of the molecule is CNc1cccc(Sc2ccc(CCC(=O)N3CCOCC3)c(C(F)(F)F)c2C(F)(F)F)c1. The first-order valence-electron chi connectivity index (χ1n) is 10.1. The topological polar surface area (TPSA) is 41.6 Å². The molecule has 0 aliphatic carbocycles. The molecule has 1 N–H and O–H groups in total. The van der Waals surface area contributed by atoms with E-state index < -0.39 is 46.3 Å². The lowest BCUT2D eigenvalue weighted by molar-refractivity contribution is -0.164. The van der Waals surface area contributed by atoms with Crippen molar-refractivity contribution in [2.24, 2.45) is 0 Å². The molecular formula is C22H22F6N2O2S. The molecule has 4 nitrogen and oxygen atoms in total. The van der Waals surface area contributed by atoms with E-state index in [4.69, 9.17) is 4.74 Å². The minimum Gasteiger partial charge on any atom is -0.388 e. The van der Waals surface area contributed by atoms with Crippen LogP contribution < -0.4 is 5.32 Å². The lowest BCUT2D eigenvalue weighted by Crippen LogP contribution is -2.40. The molecule has 0 unspecified atom stereocenters. The van der Waals surface area contributed by atoms with Gasteiger partial charge in [0.15, 0.2) is 0 Å². The highest BCUT2D eigenvalue weighted by Gasteiger charge is 2.46. The summed E-state index contributed by atoms with van der Waals surface area (Å²) in [5.74, 6) is -0.415. The van der Waals surface area contributed by atoms with Crippen LogP contribution in [0.25, 0.3) is 0 Å². The number of rotatable bonds is 6. The zero-order chi connectivity index (χ0) is 24.2. The summed E-state index contributed by atoms with van der Waals surface area (Å²) in [6, 6.07) is 8.43. The second kappa shape index (κ2) is 10.3. The quantitative estimate of drug-likeness (QED) is 0.525. The van der Waals surface area contributed by atoms with Crippen molar-refractivity contribution in [3.05, 3.63) is 53.1 Å². The van der Waals surface area contributed by atoms with Crippen LogP contribution in [-0.2, 0) is 28.3 Å². The molecule has 11 heteroatoms. The average molecular weight is 492 g/mol. The van der Waals surface area contributed by atoms with Crippen molar-refractivity contribution in [3.63, 3.8) is 0 Å². The summed E-state index contributed by atoms with van der Waals surface area (Å²) in [5.41, 5.74) is -3.40. The number of nitrogens with one attached hydrogen (secondary N) is 1. The normalized spacial score (nSPS) is 14.9. The summed E-state index contributed by atoms with van der Waals surface area (Å²) in [6.45, 7) is 1.25. The number of anilines is 1. The molecule has 3 rings (SSSR count). The molecule has 1 heterocycles. The van der Waals surface area contributed by atoms with Crippen LogP contribution >= 0.6 is 11.8 Å². The number of ether oxygens (including phenoxy) is 1. The van der Waals surface area contributed by atoms with Gasteiger partial charge in [-0.2, -0.15) is 26.3 Å². The summed E-state index contributed by atoms with van der Waals surface area (Å²) in [6.07, 6.45) is -11.3. The first-order valence-corrected chi connectivity index (χ1v) is 10.9. The van der Waals surface area contributed by atoms with Gasteiger partial charge in [-0.1, -0.05) is 23.9 Å². The van der Waals surface area contributed by atoms with Crippen molar-refractivity contribution < 1.29 is 35.9 Å².